The van der Waals surface area contributed by atoms with Crippen LogP contribution < -0.4 is 15.4 Å². The largest absolute Gasteiger partial charge is 0.487 e. The molecule has 2 rings (SSSR count). The Kier molecular flexibility index (Phi) is 5.21. The highest BCUT2D eigenvalue weighted by atomic mass is 16.6. The molecule has 0 aliphatic carbocycles. The van der Waals surface area contributed by atoms with E-state index in [9.17, 15) is 9.59 Å². The number of benzene rings is 1. The summed E-state index contributed by atoms with van der Waals surface area (Å²) in [5.74, 6) is 0.412. The van der Waals surface area contributed by atoms with E-state index in [0.29, 0.717) is 24.4 Å². The second-order valence-electron chi connectivity index (χ2n) is 6.66. The lowest BCUT2D eigenvalue weighted by Crippen LogP contribution is -2.57. The molecule has 1 aromatic carbocycles. The summed E-state index contributed by atoms with van der Waals surface area (Å²) in [6, 6.07) is 5.29. The molecule has 1 aromatic rings. The number of hydrogen-bond donors (Lipinski definition) is 2. The lowest BCUT2D eigenvalue weighted by molar-refractivity contribution is -0.0221. The topological polar surface area (TPSA) is 79.9 Å². The van der Waals surface area contributed by atoms with Gasteiger partial charge in [0.15, 0.2) is 0 Å². The van der Waals surface area contributed by atoms with E-state index in [2.05, 4.69) is 10.6 Å². The van der Waals surface area contributed by atoms with Gasteiger partial charge in [-0.05, 0) is 39.0 Å². The van der Waals surface area contributed by atoms with Gasteiger partial charge in [0.2, 0.25) is 0 Å². The van der Waals surface area contributed by atoms with Crippen molar-refractivity contribution in [1.29, 1.82) is 0 Å². The summed E-state index contributed by atoms with van der Waals surface area (Å²) in [5.41, 5.74) is 0.737. The van der Waals surface area contributed by atoms with E-state index in [1.54, 1.807) is 37.2 Å². The van der Waals surface area contributed by atoms with Crippen LogP contribution in [0.1, 0.15) is 31.1 Å². The second-order valence-corrected chi connectivity index (χ2v) is 6.66. The second kappa shape index (κ2) is 6.98. The van der Waals surface area contributed by atoms with E-state index < -0.39 is 5.60 Å². The van der Waals surface area contributed by atoms with Crippen molar-refractivity contribution < 1.29 is 19.1 Å². The fourth-order valence-electron chi connectivity index (χ4n) is 2.32. The molecule has 0 bridgehead atoms. The molecule has 0 unspecified atom stereocenters. The summed E-state index contributed by atoms with van der Waals surface area (Å²) in [4.78, 5) is 25.4. The lowest BCUT2D eigenvalue weighted by atomic mass is 10.1. The third-order valence-corrected chi connectivity index (χ3v) is 3.53. The van der Waals surface area contributed by atoms with Gasteiger partial charge in [-0.1, -0.05) is 0 Å². The quantitative estimate of drug-likeness (QED) is 0.881. The molecule has 0 saturated carbocycles. The highest BCUT2D eigenvalue weighted by Gasteiger charge is 2.35. The minimum absolute atomic E-state index is 0.101. The summed E-state index contributed by atoms with van der Waals surface area (Å²) in [5, 5.41) is 5.58. The van der Waals surface area contributed by atoms with Crippen LogP contribution in [0.2, 0.25) is 0 Å². The Bertz CT molecular complexity index is 619. The van der Waals surface area contributed by atoms with Crippen LogP contribution in [0.5, 0.6) is 5.75 Å². The maximum absolute atomic E-state index is 11.9. The van der Waals surface area contributed by atoms with Crippen molar-refractivity contribution in [2.75, 3.05) is 32.5 Å². The minimum atomic E-state index is -0.506. The standard InChI is InChI=1S/C17H25N3O4/c1-17(2,3)24-16(22)20-9-12(10-20)23-11-6-7-14(18-4)13(8-11)15(21)19-5/h6-8,12,18H,9-10H2,1-5H3,(H,19,21). The van der Waals surface area contributed by atoms with Gasteiger partial charge in [0.1, 0.15) is 17.5 Å². The van der Waals surface area contributed by atoms with Gasteiger partial charge in [-0.15, -0.1) is 0 Å². The zero-order valence-electron chi connectivity index (χ0n) is 14.8. The molecule has 1 fully saturated rings. The number of nitrogens with one attached hydrogen (secondary N) is 2. The minimum Gasteiger partial charge on any atom is -0.487 e. The molecule has 0 radical (unpaired) electrons. The van der Waals surface area contributed by atoms with Crippen LogP contribution in [0.3, 0.4) is 0 Å². The smallest absolute Gasteiger partial charge is 0.410 e. The first kappa shape index (κ1) is 17.9. The van der Waals surface area contributed by atoms with Gasteiger partial charge in [0.25, 0.3) is 5.91 Å². The predicted octanol–water partition coefficient (Wildman–Crippen LogP) is 2.09. The number of anilines is 1. The van der Waals surface area contributed by atoms with E-state index >= 15 is 0 Å². The first-order chi connectivity index (χ1) is 11.2. The van der Waals surface area contributed by atoms with E-state index in [0.717, 1.165) is 5.69 Å². The lowest BCUT2D eigenvalue weighted by Gasteiger charge is -2.39. The number of carbonyl (C=O) groups is 2. The molecule has 7 nitrogen and oxygen atoms in total. The van der Waals surface area contributed by atoms with Crippen LogP contribution in [-0.2, 0) is 4.74 Å². The average molecular weight is 335 g/mol. The summed E-state index contributed by atoms with van der Waals surface area (Å²) < 4.78 is 11.1. The average Bonchev–Trinajstić information content (AvgIpc) is 2.47. The molecule has 132 valence electrons. The van der Waals surface area contributed by atoms with Crippen molar-refractivity contribution in [1.82, 2.24) is 10.2 Å². The van der Waals surface area contributed by atoms with Crippen LogP contribution in [0.4, 0.5) is 10.5 Å². The van der Waals surface area contributed by atoms with E-state index in [4.69, 9.17) is 9.47 Å². The highest BCUT2D eigenvalue weighted by molar-refractivity contribution is 5.99. The maximum Gasteiger partial charge on any atom is 0.410 e. The summed E-state index contributed by atoms with van der Waals surface area (Å²) >= 11 is 0. The molecule has 24 heavy (non-hydrogen) atoms. The van der Waals surface area contributed by atoms with Crippen molar-refractivity contribution in [3.05, 3.63) is 23.8 Å². The molecule has 1 aliphatic heterocycles. The molecule has 7 heteroatoms. The maximum atomic E-state index is 11.9. The van der Waals surface area contributed by atoms with Crippen LogP contribution >= 0.6 is 0 Å². The summed E-state index contributed by atoms with van der Waals surface area (Å²) in [7, 11) is 3.34. The van der Waals surface area contributed by atoms with Crippen molar-refractivity contribution in [2.45, 2.75) is 32.5 Å². The highest BCUT2D eigenvalue weighted by Crippen LogP contribution is 2.25. The van der Waals surface area contributed by atoms with E-state index in [1.807, 2.05) is 20.8 Å². The van der Waals surface area contributed by atoms with Crippen molar-refractivity contribution in [2.24, 2.45) is 0 Å². The summed E-state index contributed by atoms with van der Waals surface area (Å²) in [6.45, 7) is 6.45. The van der Waals surface area contributed by atoms with Gasteiger partial charge in [-0.3, -0.25) is 4.79 Å². The molecular formula is C17H25N3O4. The Labute approximate surface area is 142 Å². The predicted molar refractivity (Wildman–Crippen MR) is 91.6 cm³/mol. The van der Waals surface area contributed by atoms with Crippen molar-refractivity contribution in [3.8, 4) is 5.75 Å². The van der Waals surface area contributed by atoms with Gasteiger partial charge >= 0.3 is 6.09 Å². The molecule has 0 spiro atoms. The number of nitrogens with zero attached hydrogens (tertiary/aromatic N) is 1. The van der Waals surface area contributed by atoms with Gasteiger partial charge in [0.05, 0.1) is 18.7 Å². The summed E-state index contributed by atoms with van der Waals surface area (Å²) in [6.07, 6.45) is -0.436. The van der Waals surface area contributed by atoms with Crippen molar-refractivity contribution in [3.63, 3.8) is 0 Å². The molecule has 0 atom stereocenters. The van der Waals surface area contributed by atoms with Crippen molar-refractivity contribution >= 4 is 17.7 Å². The van der Waals surface area contributed by atoms with Gasteiger partial charge in [-0.25, -0.2) is 4.79 Å². The van der Waals surface area contributed by atoms with E-state index in [-0.39, 0.29) is 18.1 Å². The van der Waals surface area contributed by atoms with Crippen LogP contribution in [0, 0.1) is 0 Å². The van der Waals surface area contributed by atoms with Crippen LogP contribution in [0.25, 0.3) is 0 Å². The Morgan fingerprint density at radius 3 is 2.42 bits per heavy atom. The number of ether oxygens (including phenoxy) is 2. The molecular weight excluding hydrogens is 310 g/mol. The zero-order valence-corrected chi connectivity index (χ0v) is 14.8. The fourth-order valence-corrected chi connectivity index (χ4v) is 2.32. The van der Waals surface area contributed by atoms with Gasteiger partial charge in [0, 0.05) is 19.8 Å². The number of hydrogen-bond acceptors (Lipinski definition) is 5. The Hall–Kier alpha value is -2.44. The Balaban J connectivity index is 1.94. The monoisotopic (exact) mass is 335 g/mol. The normalized spacial score (nSPS) is 14.6. The van der Waals surface area contributed by atoms with Gasteiger partial charge < -0.3 is 25.0 Å². The Morgan fingerprint density at radius 1 is 1.21 bits per heavy atom. The SMILES string of the molecule is CNC(=O)c1cc(OC2CN(C(=O)OC(C)(C)C)C2)ccc1NC. The first-order valence-electron chi connectivity index (χ1n) is 7.92. The number of carbonyl (C=O) groups excluding carboxylic acids is 2. The van der Waals surface area contributed by atoms with Crippen LogP contribution in [-0.4, -0.2) is 55.8 Å². The molecule has 2 N–H and O–H groups in total. The molecule has 1 aliphatic rings. The number of amides is 2. The molecule has 1 heterocycles. The third kappa shape index (κ3) is 4.31. The number of likely N-dealkylation sites (tertiary alicyclic amines) is 1. The third-order valence-electron chi connectivity index (χ3n) is 3.53. The zero-order chi connectivity index (χ0) is 17.9. The molecule has 2 amide bonds. The molecule has 1 saturated heterocycles. The number of rotatable bonds is 4. The first-order valence-corrected chi connectivity index (χ1v) is 7.92. The molecule has 0 aromatic heterocycles. The van der Waals surface area contributed by atoms with E-state index in [1.165, 1.54) is 0 Å². The Morgan fingerprint density at radius 2 is 1.88 bits per heavy atom. The van der Waals surface area contributed by atoms with Crippen LogP contribution in [0.15, 0.2) is 18.2 Å². The fraction of sp³-hybridized carbons (Fsp3) is 0.529. The van der Waals surface area contributed by atoms with Gasteiger partial charge in [-0.2, -0.15) is 0 Å².